The average molecular weight is 255 g/mol. The first-order valence-electron chi connectivity index (χ1n) is 6.66. The summed E-state index contributed by atoms with van der Waals surface area (Å²) < 4.78 is 0. The van der Waals surface area contributed by atoms with Gasteiger partial charge in [-0.05, 0) is 37.6 Å². The summed E-state index contributed by atoms with van der Waals surface area (Å²) in [6, 6.07) is 8.04. The summed E-state index contributed by atoms with van der Waals surface area (Å²) >= 11 is 0. The number of hydrogen-bond donors (Lipinski definition) is 2. The minimum absolute atomic E-state index is 0.348. The van der Waals surface area contributed by atoms with Crippen LogP contribution in [0.25, 0.3) is 0 Å². The Morgan fingerprint density at radius 1 is 1.11 bits per heavy atom. The number of nitrogens with zero attached hydrogens (tertiary/aromatic N) is 3. The van der Waals surface area contributed by atoms with E-state index in [1.54, 1.807) is 12.4 Å². The molecule has 2 N–H and O–H groups in total. The van der Waals surface area contributed by atoms with Gasteiger partial charge in [0.2, 0.25) is 5.95 Å². The van der Waals surface area contributed by atoms with E-state index in [0.717, 1.165) is 24.5 Å². The highest BCUT2D eigenvalue weighted by molar-refractivity contribution is 5.46. The smallest absolute Gasteiger partial charge is 0.228 e. The summed E-state index contributed by atoms with van der Waals surface area (Å²) in [6.45, 7) is 1.07. The van der Waals surface area contributed by atoms with Crippen LogP contribution >= 0.6 is 0 Å². The average Bonchev–Trinajstić information content (AvgIpc) is 2.49. The third kappa shape index (κ3) is 3.06. The van der Waals surface area contributed by atoms with E-state index in [2.05, 4.69) is 25.6 Å². The Kier molecular flexibility index (Phi) is 3.65. The van der Waals surface area contributed by atoms with Gasteiger partial charge in [0, 0.05) is 18.4 Å². The van der Waals surface area contributed by atoms with E-state index in [4.69, 9.17) is 0 Å². The van der Waals surface area contributed by atoms with Gasteiger partial charge in [0.1, 0.15) is 5.82 Å². The lowest BCUT2D eigenvalue weighted by molar-refractivity contribution is 0.405. The van der Waals surface area contributed by atoms with E-state index >= 15 is 0 Å². The van der Waals surface area contributed by atoms with Crippen LogP contribution in [-0.2, 0) is 0 Å². The number of nitrogens with one attached hydrogen (secondary N) is 2. The van der Waals surface area contributed by atoms with Crippen LogP contribution in [0.2, 0.25) is 0 Å². The molecule has 3 heterocycles. The molecule has 5 nitrogen and oxygen atoms in total. The maximum Gasteiger partial charge on any atom is 0.228 e. The van der Waals surface area contributed by atoms with Crippen LogP contribution in [0.3, 0.4) is 0 Å². The van der Waals surface area contributed by atoms with E-state index in [9.17, 15) is 0 Å². The van der Waals surface area contributed by atoms with Crippen LogP contribution in [0.4, 0.5) is 11.8 Å². The summed E-state index contributed by atoms with van der Waals surface area (Å²) in [5.74, 6) is 1.36. The number of hydrogen-bond acceptors (Lipinski definition) is 5. The largest absolute Gasteiger partial charge is 0.309 e. The monoisotopic (exact) mass is 255 g/mol. The summed E-state index contributed by atoms with van der Waals surface area (Å²) in [6.07, 6.45) is 7.18. The molecule has 0 radical (unpaired) electrons. The Hall–Kier alpha value is -2.01. The summed E-state index contributed by atoms with van der Waals surface area (Å²) in [4.78, 5) is 13.0. The number of piperidine rings is 1. The number of pyridine rings is 1. The van der Waals surface area contributed by atoms with Gasteiger partial charge >= 0.3 is 0 Å². The molecule has 1 atom stereocenters. The molecule has 19 heavy (non-hydrogen) atoms. The minimum atomic E-state index is 0.348. The fraction of sp³-hybridized carbons (Fsp3) is 0.357. The van der Waals surface area contributed by atoms with Crippen molar-refractivity contribution in [2.24, 2.45) is 0 Å². The Bertz CT molecular complexity index is 522. The minimum Gasteiger partial charge on any atom is -0.309 e. The van der Waals surface area contributed by atoms with E-state index in [1.807, 2.05) is 24.3 Å². The van der Waals surface area contributed by atoms with E-state index < -0.39 is 0 Å². The fourth-order valence-corrected chi connectivity index (χ4v) is 2.28. The molecule has 2 aromatic heterocycles. The summed E-state index contributed by atoms with van der Waals surface area (Å²) in [5.41, 5.74) is 1.05. The van der Waals surface area contributed by atoms with Crippen LogP contribution in [0, 0.1) is 0 Å². The van der Waals surface area contributed by atoms with Gasteiger partial charge in [0.05, 0.1) is 5.69 Å². The highest BCUT2D eigenvalue weighted by Crippen LogP contribution is 2.22. The van der Waals surface area contributed by atoms with Crippen molar-refractivity contribution in [3.63, 3.8) is 0 Å². The zero-order valence-corrected chi connectivity index (χ0v) is 10.7. The van der Waals surface area contributed by atoms with Crippen LogP contribution in [0.15, 0.2) is 36.7 Å². The Morgan fingerprint density at radius 3 is 2.89 bits per heavy atom. The van der Waals surface area contributed by atoms with Crippen LogP contribution < -0.4 is 10.6 Å². The molecule has 2 aromatic rings. The van der Waals surface area contributed by atoms with Crippen LogP contribution in [-0.4, -0.2) is 21.5 Å². The molecular weight excluding hydrogens is 238 g/mol. The van der Waals surface area contributed by atoms with Gasteiger partial charge in [0.15, 0.2) is 0 Å². The Balaban J connectivity index is 1.76. The number of aromatic nitrogens is 3. The lowest BCUT2D eigenvalue weighted by Gasteiger charge is -2.23. The Labute approximate surface area is 112 Å². The molecular formula is C14H17N5. The third-order valence-corrected chi connectivity index (χ3v) is 3.25. The quantitative estimate of drug-likeness (QED) is 0.882. The molecule has 98 valence electrons. The van der Waals surface area contributed by atoms with Gasteiger partial charge in [-0.25, -0.2) is 15.0 Å². The topological polar surface area (TPSA) is 62.7 Å². The van der Waals surface area contributed by atoms with Crippen molar-refractivity contribution in [1.82, 2.24) is 20.3 Å². The van der Waals surface area contributed by atoms with Crippen molar-refractivity contribution >= 4 is 11.8 Å². The van der Waals surface area contributed by atoms with Crippen molar-refractivity contribution in [3.8, 4) is 0 Å². The predicted octanol–water partition coefficient (Wildman–Crippen LogP) is 2.43. The second-order valence-electron chi connectivity index (χ2n) is 4.65. The van der Waals surface area contributed by atoms with Crippen LogP contribution in [0.5, 0.6) is 0 Å². The van der Waals surface area contributed by atoms with Crippen molar-refractivity contribution in [2.45, 2.75) is 25.3 Å². The normalized spacial score (nSPS) is 19.1. The number of rotatable bonds is 3. The predicted molar refractivity (Wildman–Crippen MR) is 74.1 cm³/mol. The molecule has 3 rings (SSSR count). The molecule has 0 aromatic carbocycles. The van der Waals surface area contributed by atoms with Crippen molar-refractivity contribution < 1.29 is 0 Å². The zero-order chi connectivity index (χ0) is 12.9. The molecule has 0 bridgehead atoms. The van der Waals surface area contributed by atoms with Gasteiger partial charge in [-0.2, -0.15) is 0 Å². The van der Waals surface area contributed by atoms with Gasteiger partial charge < -0.3 is 10.6 Å². The number of anilines is 2. The summed E-state index contributed by atoms with van der Waals surface area (Å²) in [7, 11) is 0. The lowest BCUT2D eigenvalue weighted by Crippen LogP contribution is -2.27. The first-order chi connectivity index (χ1) is 9.42. The molecule has 0 aliphatic carbocycles. The standard InChI is InChI=1S/C14H17N5/c1-3-8-15-11(5-1)12-7-10-17-14(18-12)19-13-6-2-4-9-16-13/h2,4,6-7,9-11,15H,1,3,5,8H2,(H,16,17,18,19). The second-order valence-corrected chi connectivity index (χ2v) is 4.65. The molecule has 1 saturated heterocycles. The van der Waals surface area contributed by atoms with Gasteiger partial charge in [-0.15, -0.1) is 0 Å². The van der Waals surface area contributed by atoms with Crippen molar-refractivity contribution in [3.05, 3.63) is 42.4 Å². The molecule has 1 unspecified atom stereocenters. The van der Waals surface area contributed by atoms with Gasteiger partial charge in [-0.3, -0.25) is 0 Å². The summed E-state index contributed by atoms with van der Waals surface area (Å²) in [5, 5.41) is 6.62. The van der Waals surface area contributed by atoms with Crippen molar-refractivity contribution in [2.75, 3.05) is 11.9 Å². The molecule has 5 heteroatoms. The van der Waals surface area contributed by atoms with Gasteiger partial charge in [0.25, 0.3) is 0 Å². The van der Waals surface area contributed by atoms with Gasteiger partial charge in [-0.1, -0.05) is 12.5 Å². The van der Waals surface area contributed by atoms with Crippen molar-refractivity contribution in [1.29, 1.82) is 0 Å². The maximum absolute atomic E-state index is 4.57. The van der Waals surface area contributed by atoms with E-state index in [0.29, 0.717) is 12.0 Å². The first kappa shape index (κ1) is 12.0. The molecule has 0 amide bonds. The Morgan fingerprint density at radius 2 is 2.11 bits per heavy atom. The molecule has 0 saturated carbocycles. The molecule has 0 spiro atoms. The maximum atomic E-state index is 4.57. The van der Waals surface area contributed by atoms with E-state index in [1.165, 1.54) is 12.8 Å². The van der Waals surface area contributed by atoms with Crippen LogP contribution in [0.1, 0.15) is 31.0 Å². The highest BCUT2D eigenvalue weighted by atomic mass is 15.1. The first-order valence-corrected chi connectivity index (χ1v) is 6.66. The highest BCUT2D eigenvalue weighted by Gasteiger charge is 2.16. The SMILES string of the molecule is c1ccc(Nc2nccc(C3CCCCN3)n2)nc1. The zero-order valence-electron chi connectivity index (χ0n) is 10.7. The molecule has 1 aliphatic heterocycles. The fourth-order valence-electron chi connectivity index (χ4n) is 2.28. The lowest BCUT2D eigenvalue weighted by atomic mass is 10.0. The molecule has 1 aliphatic rings. The third-order valence-electron chi connectivity index (χ3n) is 3.25. The van der Waals surface area contributed by atoms with E-state index in [-0.39, 0.29) is 0 Å². The molecule has 1 fully saturated rings. The second kappa shape index (κ2) is 5.75.